The zero-order valence-electron chi connectivity index (χ0n) is 15.8. The van der Waals surface area contributed by atoms with E-state index < -0.39 is 0 Å². The highest BCUT2D eigenvalue weighted by Crippen LogP contribution is 2.29. The Hall–Kier alpha value is -1.50. The topological polar surface area (TPSA) is 37.2 Å². The summed E-state index contributed by atoms with van der Waals surface area (Å²) in [6.45, 7) is 6.59. The second kappa shape index (κ2) is 8.46. The first kappa shape index (κ1) is 19.3. The van der Waals surface area contributed by atoms with E-state index in [1.165, 1.54) is 12.1 Å². The van der Waals surface area contributed by atoms with Crippen molar-refractivity contribution in [1.29, 1.82) is 0 Å². The fourth-order valence-corrected chi connectivity index (χ4v) is 3.86. The highest BCUT2D eigenvalue weighted by molar-refractivity contribution is 6.31. The molecule has 1 aliphatic heterocycles. The van der Waals surface area contributed by atoms with Crippen LogP contribution in [-0.2, 0) is 19.6 Å². The molecule has 0 unspecified atom stereocenters. The van der Waals surface area contributed by atoms with Crippen molar-refractivity contribution in [3.8, 4) is 0 Å². The van der Waals surface area contributed by atoms with E-state index in [1.807, 2.05) is 14.1 Å². The van der Waals surface area contributed by atoms with Gasteiger partial charge in [0.2, 0.25) is 0 Å². The van der Waals surface area contributed by atoms with Gasteiger partial charge < -0.3 is 9.47 Å². The lowest BCUT2D eigenvalue weighted by atomic mass is 9.95. The summed E-state index contributed by atoms with van der Waals surface area (Å²) < 4.78 is 15.5. The minimum absolute atomic E-state index is 0.287. The van der Waals surface area contributed by atoms with E-state index in [0.717, 1.165) is 62.8 Å². The van der Waals surface area contributed by atoms with Gasteiger partial charge in [-0.25, -0.2) is 4.39 Å². The van der Waals surface area contributed by atoms with Gasteiger partial charge in [-0.1, -0.05) is 17.7 Å². The molecule has 7 heteroatoms. The van der Waals surface area contributed by atoms with Crippen molar-refractivity contribution in [1.82, 2.24) is 24.6 Å². The molecule has 0 bridgehead atoms. The third kappa shape index (κ3) is 4.42. The van der Waals surface area contributed by atoms with Gasteiger partial charge in [0.1, 0.15) is 17.5 Å². The Morgan fingerprint density at radius 1 is 1.23 bits per heavy atom. The molecule has 1 aliphatic rings. The van der Waals surface area contributed by atoms with Gasteiger partial charge in [-0.3, -0.25) is 4.90 Å². The van der Waals surface area contributed by atoms with Gasteiger partial charge in [0.25, 0.3) is 0 Å². The monoisotopic (exact) mass is 379 g/mol. The molecule has 0 saturated carbocycles. The van der Waals surface area contributed by atoms with E-state index in [4.69, 9.17) is 11.6 Å². The minimum Gasteiger partial charge on any atom is -0.314 e. The molecule has 0 aliphatic carbocycles. The van der Waals surface area contributed by atoms with Crippen LogP contribution in [0, 0.1) is 5.82 Å². The molecule has 1 fully saturated rings. The van der Waals surface area contributed by atoms with Crippen molar-refractivity contribution < 1.29 is 4.39 Å². The van der Waals surface area contributed by atoms with Crippen LogP contribution in [0.15, 0.2) is 18.2 Å². The quantitative estimate of drug-likeness (QED) is 0.769. The van der Waals surface area contributed by atoms with Gasteiger partial charge in [-0.2, -0.15) is 0 Å². The SMILES string of the molecule is CCn1c(CN(C)C)nnc1C1CCN(Cc2ccc(F)cc2Cl)CC1. The van der Waals surface area contributed by atoms with E-state index in [2.05, 4.69) is 31.5 Å². The molecule has 0 spiro atoms. The second-order valence-corrected chi connectivity index (χ2v) is 7.65. The third-order valence-corrected chi connectivity index (χ3v) is 5.34. The number of aromatic nitrogens is 3. The van der Waals surface area contributed by atoms with Gasteiger partial charge in [-0.05, 0) is 64.6 Å². The maximum Gasteiger partial charge on any atom is 0.147 e. The maximum atomic E-state index is 13.2. The van der Waals surface area contributed by atoms with Gasteiger partial charge in [0.15, 0.2) is 0 Å². The summed E-state index contributed by atoms with van der Waals surface area (Å²) in [5, 5.41) is 9.42. The average molecular weight is 380 g/mol. The number of nitrogens with zero attached hydrogens (tertiary/aromatic N) is 5. The predicted octanol–water partition coefficient (Wildman–Crippen LogP) is 3.53. The lowest BCUT2D eigenvalue weighted by molar-refractivity contribution is 0.200. The summed E-state index contributed by atoms with van der Waals surface area (Å²) in [6, 6.07) is 4.65. The summed E-state index contributed by atoms with van der Waals surface area (Å²) in [5.41, 5.74) is 0.983. The normalized spacial score (nSPS) is 16.5. The van der Waals surface area contributed by atoms with Crippen LogP contribution in [0.4, 0.5) is 4.39 Å². The molecule has 26 heavy (non-hydrogen) atoms. The van der Waals surface area contributed by atoms with E-state index >= 15 is 0 Å². The summed E-state index contributed by atoms with van der Waals surface area (Å²) in [4.78, 5) is 4.50. The molecule has 1 saturated heterocycles. The Morgan fingerprint density at radius 3 is 2.58 bits per heavy atom. The Balaban J connectivity index is 1.62. The molecule has 0 N–H and O–H groups in total. The molecule has 1 aromatic carbocycles. The Bertz CT molecular complexity index is 738. The average Bonchev–Trinajstić information content (AvgIpc) is 3.00. The van der Waals surface area contributed by atoms with Crippen LogP contribution in [0.25, 0.3) is 0 Å². The second-order valence-electron chi connectivity index (χ2n) is 7.24. The number of benzene rings is 1. The first-order valence-electron chi connectivity index (χ1n) is 9.21. The zero-order valence-corrected chi connectivity index (χ0v) is 16.5. The highest BCUT2D eigenvalue weighted by Gasteiger charge is 2.26. The minimum atomic E-state index is -0.287. The van der Waals surface area contributed by atoms with Crippen molar-refractivity contribution in [3.63, 3.8) is 0 Å². The zero-order chi connectivity index (χ0) is 18.7. The van der Waals surface area contributed by atoms with Gasteiger partial charge in [0.05, 0.1) is 6.54 Å². The molecule has 0 atom stereocenters. The number of halogens is 2. The maximum absolute atomic E-state index is 13.2. The molecule has 0 radical (unpaired) electrons. The number of hydrogen-bond acceptors (Lipinski definition) is 4. The van der Waals surface area contributed by atoms with Crippen molar-refractivity contribution in [2.24, 2.45) is 0 Å². The summed E-state index contributed by atoms with van der Waals surface area (Å²) >= 11 is 6.16. The Kier molecular flexibility index (Phi) is 6.27. The van der Waals surface area contributed by atoms with Crippen LogP contribution in [0.3, 0.4) is 0 Å². The first-order chi connectivity index (χ1) is 12.5. The van der Waals surface area contributed by atoms with Crippen molar-refractivity contribution in [2.75, 3.05) is 27.2 Å². The molecular formula is C19H27ClFN5. The fraction of sp³-hybridized carbons (Fsp3) is 0.579. The number of likely N-dealkylation sites (tertiary alicyclic amines) is 1. The van der Waals surface area contributed by atoms with E-state index in [1.54, 1.807) is 6.07 Å². The predicted molar refractivity (Wildman–Crippen MR) is 102 cm³/mol. The highest BCUT2D eigenvalue weighted by atomic mass is 35.5. The molecule has 5 nitrogen and oxygen atoms in total. The number of rotatable bonds is 6. The third-order valence-electron chi connectivity index (χ3n) is 4.99. The van der Waals surface area contributed by atoms with Crippen molar-refractivity contribution in [3.05, 3.63) is 46.3 Å². The van der Waals surface area contributed by atoms with Crippen molar-refractivity contribution in [2.45, 2.75) is 45.3 Å². The number of hydrogen-bond donors (Lipinski definition) is 0. The molecule has 1 aromatic heterocycles. The summed E-state index contributed by atoms with van der Waals surface area (Å²) in [5.74, 6) is 2.31. The van der Waals surface area contributed by atoms with Crippen molar-refractivity contribution >= 4 is 11.6 Å². The van der Waals surface area contributed by atoms with Crippen LogP contribution in [0.1, 0.15) is 42.9 Å². The lowest BCUT2D eigenvalue weighted by Gasteiger charge is -2.32. The van der Waals surface area contributed by atoms with Crippen LogP contribution in [0.2, 0.25) is 5.02 Å². The Labute approximate surface area is 159 Å². The molecule has 0 amide bonds. The smallest absolute Gasteiger partial charge is 0.147 e. The van der Waals surface area contributed by atoms with Crippen LogP contribution in [-0.4, -0.2) is 51.7 Å². The first-order valence-corrected chi connectivity index (χ1v) is 9.58. The van der Waals surface area contributed by atoms with Crippen LogP contribution < -0.4 is 0 Å². The van der Waals surface area contributed by atoms with E-state index in [9.17, 15) is 4.39 Å². The van der Waals surface area contributed by atoms with Crippen LogP contribution in [0.5, 0.6) is 0 Å². The molecule has 3 rings (SSSR count). The van der Waals surface area contributed by atoms with Gasteiger partial charge >= 0.3 is 0 Å². The van der Waals surface area contributed by atoms with Gasteiger partial charge in [-0.15, -0.1) is 10.2 Å². The lowest BCUT2D eigenvalue weighted by Crippen LogP contribution is -2.33. The number of piperidine rings is 1. The van der Waals surface area contributed by atoms with E-state index in [-0.39, 0.29) is 5.82 Å². The molecule has 2 aromatic rings. The Morgan fingerprint density at radius 2 is 1.96 bits per heavy atom. The fourth-order valence-electron chi connectivity index (χ4n) is 3.64. The van der Waals surface area contributed by atoms with E-state index in [0.29, 0.717) is 10.9 Å². The van der Waals surface area contributed by atoms with Crippen LogP contribution >= 0.6 is 11.6 Å². The standard InChI is InChI=1S/C19H27ClFN5/c1-4-26-18(13-24(2)3)22-23-19(26)14-7-9-25(10-8-14)12-15-5-6-16(21)11-17(15)20/h5-6,11,14H,4,7-10,12-13H2,1-3H3. The molecule has 2 heterocycles. The summed E-state index contributed by atoms with van der Waals surface area (Å²) in [7, 11) is 4.10. The summed E-state index contributed by atoms with van der Waals surface area (Å²) in [6.07, 6.45) is 2.11. The molecule has 142 valence electrons. The molecular weight excluding hydrogens is 353 g/mol. The van der Waals surface area contributed by atoms with Gasteiger partial charge in [0, 0.05) is 24.0 Å². The largest absolute Gasteiger partial charge is 0.314 e.